The van der Waals surface area contributed by atoms with Gasteiger partial charge in [-0.25, -0.2) is 8.78 Å². The van der Waals surface area contributed by atoms with Crippen LogP contribution in [0.15, 0.2) is 18.2 Å². The van der Waals surface area contributed by atoms with Gasteiger partial charge >= 0.3 is 0 Å². The summed E-state index contributed by atoms with van der Waals surface area (Å²) in [7, 11) is 1.82. The molecule has 0 aliphatic carbocycles. The molecule has 0 spiro atoms. The molecule has 0 aromatic heterocycles. The van der Waals surface area contributed by atoms with Crippen LogP contribution >= 0.6 is 0 Å². The molecule has 0 heterocycles. The van der Waals surface area contributed by atoms with E-state index in [9.17, 15) is 13.6 Å². The van der Waals surface area contributed by atoms with Crippen molar-refractivity contribution in [2.75, 3.05) is 20.1 Å². The number of nitrogens with one attached hydrogen (secondary N) is 2. The summed E-state index contributed by atoms with van der Waals surface area (Å²) < 4.78 is 25.8. The fourth-order valence-electron chi connectivity index (χ4n) is 1.47. The predicted octanol–water partition coefficient (Wildman–Crippen LogP) is 1.55. The van der Waals surface area contributed by atoms with Gasteiger partial charge < -0.3 is 10.6 Å². The standard InChI is InChI=1S/C12H16F2N2O/c1-8(6-15-2)7-16-12(17)9-3-10(13)5-11(14)4-9/h3-5,8,15H,6-7H2,1-2H3,(H,16,17). The molecule has 1 unspecified atom stereocenters. The van der Waals surface area contributed by atoms with Crippen LogP contribution in [0.4, 0.5) is 8.78 Å². The molecule has 3 nitrogen and oxygen atoms in total. The summed E-state index contributed by atoms with van der Waals surface area (Å²) in [5.74, 6) is -1.72. The van der Waals surface area contributed by atoms with Crippen LogP contribution in [0.1, 0.15) is 17.3 Å². The first kappa shape index (κ1) is 13.6. The third-order valence-electron chi connectivity index (χ3n) is 2.29. The lowest BCUT2D eigenvalue weighted by molar-refractivity contribution is 0.0947. The summed E-state index contributed by atoms with van der Waals surface area (Å²) in [6.45, 7) is 3.18. The molecule has 94 valence electrons. The number of hydrogen-bond acceptors (Lipinski definition) is 2. The molecule has 0 fully saturated rings. The van der Waals surface area contributed by atoms with Crippen molar-refractivity contribution >= 4 is 5.91 Å². The van der Waals surface area contributed by atoms with Crippen LogP contribution < -0.4 is 10.6 Å². The molecular formula is C12H16F2N2O. The Kier molecular flexibility index (Phi) is 5.03. The minimum atomic E-state index is -0.751. The number of rotatable bonds is 5. The molecule has 1 amide bonds. The van der Waals surface area contributed by atoms with Gasteiger partial charge in [-0.2, -0.15) is 0 Å². The molecule has 1 aromatic rings. The lowest BCUT2D eigenvalue weighted by Gasteiger charge is -2.12. The van der Waals surface area contributed by atoms with Crippen molar-refractivity contribution in [3.05, 3.63) is 35.4 Å². The van der Waals surface area contributed by atoms with Crippen molar-refractivity contribution in [1.29, 1.82) is 0 Å². The lowest BCUT2D eigenvalue weighted by atomic mass is 10.1. The van der Waals surface area contributed by atoms with Crippen LogP contribution in [-0.2, 0) is 0 Å². The Labute approximate surface area is 99.2 Å². The summed E-state index contributed by atoms with van der Waals surface area (Å²) in [4.78, 5) is 11.6. The SMILES string of the molecule is CNCC(C)CNC(=O)c1cc(F)cc(F)c1. The molecule has 1 aromatic carbocycles. The highest BCUT2D eigenvalue weighted by Crippen LogP contribution is 2.07. The summed E-state index contributed by atoms with van der Waals surface area (Å²) in [6, 6.07) is 2.77. The molecule has 2 N–H and O–H groups in total. The molecule has 17 heavy (non-hydrogen) atoms. The highest BCUT2D eigenvalue weighted by Gasteiger charge is 2.10. The highest BCUT2D eigenvalue weighted by molar-refractivity contribution is 5.94. The van der Waals surface area contributed by atoms with E-state index in [1.807, 2.05) is 14.0 Å². The van der Waals surface area contributed by atoms with Gasteiger partial charge in [-0.05, 0) is 31.6 Å². The van der Waals surface area contributed by atoms with Crippen LogP contribution in [0.3, 0.4) is 0 Å². The third-order valence-corrected chi connectivity index (χ3v) is 2.29. The van der Waals surface area contributed by atoms with Gasteiger partial charge in [0.1, 0.15) is 11.6 Å². The largest absolute Gasteiger partial charge is 0.352 e. The van der Waals surface area contributed by atoms with Crippen LogP contribution in [0.5, 0.6) is 0 Å². The van der Waals surface area contributed by atoms with Gasteiger partial charge in [0.2, 0.25) is 0 Å². The molecule has 1 atom stereocenters. The second-order valence-corrected chi connectivity index (χ2v) is 4.03. The Morgan fingerprint density at radius 1 is 1.24 bits per heavy atom. The zero-order valence-electron chi connectivity index (χ0n) is 9.89. The molecule has 5 heteroatoms. The average Bonchev–Trinajstić information content (AvgIpc) is 2.25. The maximum absolute atomic E-state index is 12.9. The maximum atomic E-state index is 12.9. The van der Waals surface area contributed by atoms with Gasteiger partial charge in [0.25, 0.3) is 5.91 Å². The molecule has 0 aliphatic heterocycles. The van der Waals surface area contributed by atoms with Gasteiger partial charge in [-0.3, -0.25) is 4.79 Å². The second-order valence-electron chi connectivity index (χ2n) is 4.03. The van der Waals surface area contributed by atoms with Crippen molar-refractivity contribution in [3.8, 4) is 0 Å². The minimum absolute atomic E-state index is 0.000780. The number of benzene rings is 1. The van der Waals surface area contributed by atoms with Gasteiger partial charge in [0.05, 0.1) is 0 Å². The fourth-order valence-corrected chi connectivity index (χ4v) is 1.47. The van der Waals surface area contributed by atoms with E-state index in [1.54, 1.807) is 0 Å². The van der Waals surface area contributed by atoms with Crippen molar-refractivity contribution < 1.29 is 13.6 Å². The lowest BCUT2D eigenvalue weighted by Crippen LogP contribution is -2.32. The Balaban J connectivity index is 2.58. The van der Waals surface area contributed by atoms with Gasteiger partial charge in [0.15, 0.2) is 0 Å². The van der Waals surface area contributed by atoms with E-state index >= 15 is 0 Å². The first-order chi connectivity index (χ1) is 8.02. The van der Waals surface area contributed by atoms with Gasteiger partial charge in [-0.15, -0.1) is 0 Å². The monoisotopic (exact) mass is 242 g/mol. The van der Waals surface area contributed by atoms with E-state index in [2.05, 4.69) is 10.6 Å². The van der Waals surface area contributed by atoms with E-state index in [-0.39, 0.29) is 11.5 Å². The number of carbonyl (C=O) groups excluding carboxylic acids is 1. The molecule has 0 saturated heterocycles. The second kappa shape index (κ2) is 6.30. The Morgan fingerprint density at radius 3 is 2.35 bits per heavy atom. The van der Waals surface area contributed by atoms with Crippen LogP contribution in [0, 0.1) is 17.6 Å². The smallest absolute Gasteiger partial charge is 0.251 e. The van der Waals surface area contributed by atoms with Gasteiger partial charge in [0, 0.05) is 18.2 Å². The zero-order chi connectivity index (χ0) is 12.8. The zero-order valence-corrected chi connectivity index (χ0v) is 9.89. The van der Waals surface area contributed by atoms with E-state index in [0.717, 1.165) is 24.7 Å². The quantitative estimate of drug-likeness (QED) is 0.822. The highest BCUT2D eigenvalue weighted by atomic mass is 19.1. The number of halogens is 2. The fraction of sp³-hybridized carbons (Fsp3) is 0.417. The third kappa shape index (κ3) is 4.48. The normalized spacial score (nSPS) is 12.2. The Morgan fingerprint density at radius 2 is 1.82 bits per heavy atom. The van der Waals surface area contributed by atoms with Crippen molar-refractivity contribution in [3.63, 3.8) is 0 Å². The first-order valence-corrected chi connectivity index (χ1v) is 5.42. The molecular weight excluding hydrogens is 226 g/mol. The van der Waals surface area contributed by atoms with Crippen molar-refractivity contribution in [1.82, 2.24) is 10.6 Å². The summed E-state index contributed by atoms with van der Waals surface area (Å²) in [5, 5.41) is 5.60. The molecule has 0 saturated carbocycles. The van der Waals surface area contributed by atoms with E-state index in [0.29, 0.717) is 6.54 Å². The predicted molar refractivity (Wildman–Crippen MR) is 61.8 cm³/mol. The minimum Gasteiger partial charge on any atom is -0.352 e. The van der Waals surface area contributed by atoms with Crippen molar-refractivity contribution in [2.24, 2.45) is 5.92 Å². The topological polar surface area (TPSA) is 41.1 Å². The van der Waals surface area contributed by atoms with Crippen LogP contribution in [-0.4, -0.2) is 26.0 Å². The van der Waals surface area contributed by atoms with E-state index in [1.165, 1.54) is 0 Å². The van der Waals surface area contributed by atoms with Gasteiger partial charge in [-0.1, -0.05) is 6.92 Å². The maximum Gasteiger partial charge on any atom is 0.251 e. The summed E-state index contributed by atoms with van der Waals surface area (Å²) >= 11 is 0. The average molecular weight is 242 g/mol. The van der Waals surface area contributed by atoms with Crippen LogP contribution in [0.2, 0.25) is 0 Å². The number of hydrogen-bond donors (Lipinski definition) is 2. The van der Waals surface area contributed by atoms with E-state index in [4.69, 9.17) is 0 Å². The first-order valence-electron chi connectivity index (χ1n) is 5.42. The van der Waals surface area contributed by atoms with Crippen LogP contribution in [0.25, 0.3) is 0 Å². The molecule has 0 bridgehead atoms. The van der Waals surface area contributed by atoms with E-state index < -0.39 is 17.5 Å². The number of carbonyl (C=O) groups is 1. The summed E-state index contributed by atoms with van der Waals surface area (Å²) in [5.41, 5.74) is -0.000780. The Hall–Kier alpha value is -1.49. The molecule has 0 aliphatic rings. The summed E-state index contributed by atoms with van der Waals surface area (Å²) in [6.07, 6.45) is 0. The Bertz CT molecular complexity index is 376. The molecule has 0 radical (unpaired) electrons. The molecule has 1 rings (SSSR count). The van der Waals surface area contributed by atoms with Crippen molar-refractivity contribution in [2.45, 2.75) is 6.92 Å². The number of amides is 1.